The third-order valence-electron chi connectivity index (χ3n) is 4.40. The van der Waals surface area contributed by atoms with Crippen LogP contribution in [0.15, 0.2) is 18.2 Å². The van der Waals surface area contributed by atoms with Gasteiger partial charge in [0.05, 0.1) is 0 Å². The first-order valence-electron chi connectivity index (χ1n) is 7.85. The molecule has 0 saturated carbocycles. The van der Waals surface area contributed by atoms with Crippen molar-refractivity contribution in [2.45, 2.75) is 46.5 Å². The molecule has 1 aromatic carbocycles. The minimum Gasteiger partial charge on any atom is -0.342 e. The Morgan fingerprint density at radius 1 is 1.19 bits per heavy atom. The zero-order valence-electron chi connectivity index (χ0n) is 13.3. The Hall–Kier alpha value is -1.64. The molecule has 0 N–H and O–H groups in total. The summed E-state index contributed by atoms with van der Waals surface area (Å²) in [6, 6.07) is 5.75. The van der Waals surface area contributed by atoms with E-state index in [1.165, 1.54) is 12.0 Å². The van der Waals surface area contributed by atoms with E-state index in [0.29, 0.717) is 18.8 Å². The van der Waals surface area contributed by atoms with Gasteiger partial charge in [0.1, 0.15) is 0 Å². The number of carbonyl (C=O) groups excluding carboxylic acids is 2. The maximum absolute atomic E-state index is 12.2. The van der Waals surface area contributed by atoms with E-state index in [0.717, 1.165) is 30.6 Å². The average molecular weight is 287 g/mol. The molecule has 0 spiro atoms. The highest BCUT2D eigenvalue weighted by Crippen LogP contribution is 2.17. The number of aryl methyl sites for hydroxylation is 2. The molecule has 1 heterocycles. The summed E-state index contributed by atoms with van der Waals surface area (Å²) >= 11 is 0. The second kappa shape index (κ2) is 6.88. The first kappa shape index (κ1) is 15.7. The molecule has 0 bridgehead atoms. The van der Waals surface area contributed by atoms with Gasteiger partial charge in [-0.25, -0.2) is 0 Å². The quantitative estimate of drug-likeness (QED) is 0.795. The molecular formula is C18H25NO2. The van der Waals surface area contributed by atoms with Crippen LogP contribution < -0.4 is 0 Å². The van der Waals surface area contributed by atoms with Gasteiger partial charge >= 0.3 is 0 Å². The molecule has 1 aliphatic rings. The molecular weight excluding hydrogens is 262 g/mol. The van der Waals surface area contributed by atoms with Crippen molar-refractivity contribution in [2.75, 3.05) is 13.1 Å². The normalized spacial score (nSPS) is 18.6. The Morgan fingerprint density at radius 2 is 1.95 bits per heavy atom. The van der Waals surface area contributed by atoms with E-state index in [1.54, 1.807) is 0 Å². The maximum Gasteiger partial charge on any atom is 0.223 e. The van der Waals surface area contributed by atoms with Crippen molar-refractivity contribution in [3.05, 3.63) is 34.9 Å². The molecule has 1 fully saturated rings. The summed E-state index contributed by atoms with van der Waals surface area (Å²) in [6.07, 6.45) is 2.92. The highest BCUT2D eigenvalue weighted by Gasteiger charge is 2.21. The monoisotopic (exact) mass is 287 g/mol. The Morgan fingerprint density at radius 3 is 2.62 bits per heavy atom. The zero-order valence-corrected chi connectivity index (χ0v) is 13.3. The highest BCUT2D eigenvalue weighted by atomic mass is 16.2. The van der Waals surface area contributed by atoms with Gasteiger partial charge in [-0.2, -0.15) is 0 Å². The summed E-state index contributed by atoms with van der Waals surface area (Å²) in [7, 11) is 0. The van der Waals surface area contributed by atoms with Crippen LogP contribution in [0.5, 0.6) is 0 Å². The van der Waals surface area contributed by atoms with E-state index in [2.05, 4.69) is 6.92 Å². The second-order valence-corrected chi connectivity index (χ2v) is 6.31. The number of hydrogen-bond donors (Lipinski definition) is 0. The topological polar surface area (TPSA) is 37.4 Å². The number of amides is 1. The van der Waals surface area contributed by atoms with E-state index in [-0.39, 0.29) is 11.7 Å². The Labute approximate surface area is 127 Å². The molecule has 1 aromatic rings. The first-order valence-corrected chi connectivity index (χ1v) is 7.85. The number of nitrogens with zero attached hydrogens (tertiary/aromatic N) is 1. The van der Waals surface area contributed by atoms with Crippen molar-refractivity contribution in [1.29, 1.82) is 0 Å². The minimum atomic E-state index is 0.0662. The van der Waals surface area contributed by atoms with Crippen LogP contribution in [-0.2, 0) is 4.79 Å². The summed E-state index contributed by atoms with van der Waals surface area (Å²) in [4.78, 5) is 26.3. The molecule has 3 nitrogen and oxygen atoms in total. The number of ketones is 1. The van der Waals surface area contributed by atoms with Gasteiger partial charge in [0.25, 0.3) is 0 Å². The van der Waals surface area contributed by atoms with Crippen molar-refractivity contribution >= 4 is 11.7 Å². The highest BCUT2D eigenvalue weighted by molar-refractivity contribution is 5.98. The smallest absolute Gasteiger partial charge is 0.223 e. The lowest BCUT2D eigenvalue weighted by Crippen LogP contribution is -2.39. The lowest BCUT2D eigenvalue weighted by molar-refractivity contribution is -0.132. The van der Waals surface area contributed by atoms with Crippen molar-refractivity contribution < 1.29 is 9.59 Å². The first-order chi connectivity index (χ1) is 9.97. The molecule has 0 radical (unpaired) electrons. The fourth-order valence-corrected chi connectivity index (χ4v) is 2.85. The van der Waals surface area contributed by atoms with Crippen LogP contribution in [0.3, 0.4) is 0 Å². The van der Waals surface area contributed by atoms with Crippen LogP contribution in [0.25, 0.3) is 0 Å². The van der Waals surface area contributed by atoms with Gasteiger partial charge in [0.2, 0.25) is 5.91 Å². The fourth-order valence-electron chi connectivity index (χ4n) is 2.85. The van der Waals surface area contributed by atoms with Crippen molar-refractivity contribution in [1.82, 2.24) is 4.90 Å². The Balaban J connectivity index is 1.88. The second-order valence-electron chi connectivity index (χ2n) is 6.31. The van der Waals surface area contributed by atoms with Crippen LogP contribution >= 0.6 is 0 Å². The van der Waals surface area contributed by atoms with Gasteiger partial charge < -0.3 is 4.90 Å². The Kier molecular flexibility index (Phi) is 5.16. The lowest BCUT2D eigenvalue weighted by Gasteiger charge is -2.31. The molecule has 2 rings (SSSR count). The van der Waals surface area contributed by atoms with Crippen LogP contribution in [-0.4, -0.2) is 29.7 Å². The number of Topliss-reactive ketones (excluding diaryl/α,β-unsaturated/α-hetero) is 1. The minimum absolute atomic E-state index is 0.0662. The van der Waals surface area contributed by atoms with E-state index in [1.807, 2.05) is 36.9 Å². The van der Waals surface area contributed by atoms with E-state index < -0.39 is 0 Å². The third-order valence-corrected chi connectivity index (χ3v) is 4.40. The maximum atomic E-state index is 12.2. The van der Waals surface area contributed by atoms with E-state index in [4.69, 9.17) is 0 Å². The van der Waals surface area contributed by atoms with Gasteiger partial charge in [-0.1, -0.05) is 19.1 Å². The summed E-state index contributed by atoms with van der Waals surface area (Å²) in [5.74, 6) is 0.772. The molecule has 1 atom stereocenters. The SMILES string of the molecule is Cc1ccc(C(=O)CCC(=O)N2CCCC(C)C2)cc1C. The van der Waals surface area contributed by atoms with Crippen LogP contribution in [0.4, 0.5) is 0 Å². The van der Waals surface area contributed by atoms with Gasteiger partial charge in [-0.3, -0.25) is 9.59 Å². The molecule has 21 heavy (non-hydrogen) atoms. The standard InChI is InChI=1S/C18H25NO2/c1-13-5-4-10-19(12-13)18(21)9-8-17(20)16-7-6-14(2)15(3)11-16/h6-7,11,13H,4-5,8-10,12H2,1-3H3. The van der Waals surface area contributed by atoms with E-state index in [9.17, 15) is 9.59 Å². The van der Waals surface area contributed by atoms with Gasteiger partial charge in [0.15, 0.2) is 5.78 Å². The predicted octanol–water partition coefficient (Wildman–Crippen LogP) is 3.52. The molecule has 0 aromatic heterocycles. The molecule has 1 aliphatic heterocycles. The zero-order chi connectivity index (χ0) is 15.4. The summed E-state index contributed by atoms with van der Waals surface area (Å²) in [6.45, 7) is 7.91. The van der Waals surface area contributed by atoms with Crippen molar-refractivity contribution in [3.8, 4) is 0 Å². The number of piperidine rings is 1. The fraction of sp³-hybridized carbons (Fsp3) is 0.556. The lowest BCUT2D eigenvalue weighted by atomic mass is 9.98. The van der Waals surface area contributed by atoms with Crippen LogP contribution in [0.2, 0.25) is 0 Å². The van der Waals surface area contributed by atoms with Crippen LogP contribution in [0.1, 0.15) is 54.1 Å². The summed E-state index contributed by atoms with van der Waals surface area (Å²) in [5, 5.41) is 0. The molecule has 114 valence electrons. The number of carbonyl (C=O) groups is 2. The molecule has 1 unspecified atom stereocenters. The number of rotatable bonds is 4. The summed E-state index contributed by atoms with van der Waals surface area (Å²) in [5.41, 5.74) is 3.03. The van der Waals surface area contributed by atoms with Gasteiger partial charge in [-0.05, 0) is 49.8 Å². The third kappa shape index (κ3) is 4.16. The Bertz CT molecular complexity index is 536. The predicted molar refractivity (Wildman–Crippen MR) is 84.5 cm³/mol. The number of likely N-dealkylation sites (tertiary alicyclic amines) is 1. The summed E-state index contributed by atoms with van der Waals surface area (Å²) < 4.78 is 0. The number of benzene rings is 1. The van der Waals surface area contributed by atoms with Crippen LogP contribution in [0, 0.1) is 19.8 Å². The number of hydrogen-bond acceptors (Lipinski definition) is 2. The average Bonchev–Trinajstić information content (AvgIpc) is 2.47. The van der Waals surface area contributed by atoms with Crippen molar-refractivity contribution in [3.63, 3.8) is 0 Å². The van der Waals surface area contributed by atoms with Gasteiger partial charge in [-0.15, -0.1) is 0 Å². The molecule has 0 aliphatic carbocycles. The molecule has 3 heteroatoms. The van der Waals surface area contributed by atoms with Gasteiger partial charge in [0, 0.05) is 31.5 Å². The van der Waals surface area contributed by atoms with Crippen molar-refractivity contribution in [2.24, 2.45) is 5.92 Å². The largest absolute Gasteiger partial charge is 0.342 e. The van der Waals surface area contributed by atoms with E-state index >= 15 is 0 Å². The molecule has 1 amide bonds. The molecule has 1 saturated heterocycles.